The van der Waals surface area contributed by atoms with Crippen LogP contribution in [0.5, 0.6) is 5.88 Å². The number of methoxy groups -OCH3 is 1. The molecule has 0 saturated carbocycles. The SMILES string of the molecule is COc1ccc2nccc(C=CCNC(C)=O)c2n1. The molecule has 1 N–H and O–H groups in total. The summed E-state index contributed by atoms with van der Waals surface area (Å²) in [5.74, 6) is 0.501. The summed E-state index contributed by atoms with van der Waals surface area (Å²) in [5.41, 5.74) is 2.53. The Bertz CT molecular complexity index is 623. The van der Waals surface area contributed by atoms with Gasteiger partial charge in [-0.1, -0.05) is 12.2 Å². The van der Waals surface area contributed by atoms with Crippen LogP contribution >= 0.6 is 0 Å². The van der Waals surface area contributed by atoms with Crippen molar-refractivity contribution in [2.45, 2.75) is 6.92 Å². The zero-order valence-corrected chi connectivity index (χ0v) is 10.9. The van der Waals surface area contributed by atoms with Crippen LogP contribution in [0.3, 0.4) is 0 Å². The quantitative estimate of drug-likeness (QED) is 0.907. The minimum atomic E-state index is -0.0518. The number of nitrogens with one attached hydrogen (secondary N) is 1. The lowest BCUT2D eigenvalue weighted by atomic mass is 10.2. The second-order valence-corrected chi connectivity index (χ2v) is 3.96. The number of pyridine rings is 2. The average Bonchev–Trinajstić information content (AvgIpc) is 2.43. The summed E-state index contributed by atoms with van der Waals surface area (Å²) in [6.07, 6.45) is 5.51. The average molecular weight is 257 g/mol. The van der Waals surface area contributed by atoms with E-state index in [1.54, 1.807) is 19.4 Å². The molecule has 2 aromatic rings. The lowest BCUT2D eigenvalue weighted by molar-refractivity contribution is -0.118. The number of amides is 1. The molecule has 0 bridgehead atoms. The molecule has 0 fully saturated rings. The lowest BCUT2D eigenvalue weighted by Gasteiger charge is -2.03. The van der Waals surface area contributed by atoms with Gasteiger partial charge < -0.3 is 10.1 Å². The third-order valence-corrected chi connectivity index (χ3v) is 2.56. The predicted molar refractivity (Wildman–Crippen MR) is 73.8 cm³/mol. The maximum absolute atomic E-state index is 10.8. The van der Waals surface area contributed by atoms with Gasteiger partial charge in [-0.2, -0.15) is 0 Å². The van der Waals surface area contributed by atoms with Crippen LogP contribution in [-0.2, 0) is 4.79 Å². The lowest BCUT2D eigenvalue weighted by Crippen LogP contribution is -2.19. The molecule has 0 spiro atoms. The highest BCUT2D eigenvalue weighted by molar-refractivity contribution is 5.84. The molecular formula is C14H15N3O2. The van der Waals surface area contributed by atoms with E-state index in [2.05, 4.69) is 15.3 Å². The van der Waals surface area contributed by atoms with E-state index in [1.807, 2.05) is 24.3 Å². The topological polar surface area (TPSA) is 64.1 Å². The first-order valence-corrected chi connectivity index (χ1v) is 5.91. The number of aromatic nitrogens is 2. The Kier molecular flexibility index (Phi) is 4.07. The number of ether oxygens (including phenoxy) is 1. The van der Waals surface area contributed by atoms with E-state index in [9.17, 15) is 4.79 Å². The molecule has 5 nitrogen and oxygen atoms in total. The van der Waals surface area contributed by atoms with E-state index in [0.29, 0.717) is 12.4 Å². The van der Waals surface area contributed by atoms with Crippen molar-refractivity contribution >= 4 is 23.0 Å². The fourth-order valence-corrected chi connectivity index (χ4v) is 1.66. The van der Waals surface area contributed by atoms with Gasteiger partial charge >= 0.3 is 0 Å². The Morgan fingerprint density at radius 1 is 1.42 bits per heavy atom. The van der Waals surface area contributed by atoms with Crippen LogP contribution in [-0.4, -0.2) is 29.5 Å². The Labute approximate surface area is 111 Å². The van der Waals surface area contributed by atoms with Crippen LogP contribution in [0.15, 0.2) is 30.5 Å². The normalized spacial score (nSPS) is 10.8. The van der Waals surface area contributed by atoms with Crippen LogP contribution in [0.1, 0.15) is 12.5 Å². The summed E-state index contributed by atoms with van der Waals surface area (Å²) in [5, 5.41) is 2.70. The molecule has 2 aromatic heterocycles. The molecule has 5 heteroatoms. The molecule has 0 aliphatic carbocycles. The number of carbonyl (C=O) groups excluding carboxylic acids is 1. The third-order valence-electron chi connectivity index (χ3n) is 2.56. The Morgan fingerprint density at radius 3 is 3.00 bits per heavy atom. The van der Waals surface area contributed by atoms with E-state index < -0.39 is 0 Å². The van der Waals surface area contributed by atoms with Gasteiger partial charge in [-0.15, -0.1) is 0 Å². The number of rotatable bonds is 4. The molecule has 0 radical (unpaired) electrons. The highest BCUT2D eigenvalue weighted by Gasteiger charge is 2.02. The fraction of sp³-hybridized carbons (Fsp3) is 0.214. The van der Waals surface area contributed by atoms with Crippen molar-refractivity contribution in [3.05, 3.63) is 36.0 Å². The molecular weight excluding hydrogens is 242 g/mol. The zero-order valence-electron chi connectivity index (χ0n) is 10.9. The van der Waals surface area contributed by atoms with E-state index in [0.717, 1.165) is 16.6 Å². The molecule has 0 aliphatic heterocycles. The molecule has 0 aliphatic rings. The number of hydrogen-bond acceptors (Lipinski definition) is 4. The molecule has 0 atom stereocenters. The second-order valence-electron chi connectivity index (χ2n) is 3.96. The zero-order chi connectivity index (χ0) is 13.7. The first-order chi connectivity index (χ1) is 9.20. The van der Waals surface area contributed by atoms with Gasteiger partial charge in [0.2, 0.25) is 11.8 Å². The minimum absolute atomic E-state index is 0.0518. The Hall–Kier alpha value is -2.43. The van der Waals surface area contributed by atoms with Crippen LogP contribution in [0.4, 0.5) is 0 Å². The fourth-order valence-electron chi connectivity index (χ4n) is 1.66. The Balaban J connectivity index is 2.29. The van der Waals surface area contributed by atoms with Gasteiger partial charge in [0.25, 0.3) is 0 Å². The number of carbonyl (C=O) groups is 1. The van der Waals surface area contributed by atoms with Gasteiger partial charge in [-0.3, -0.25) is 9.78 Å². The summed E-state index contributed by atoms with van der Waals surface area (Å²) in [6, 6.07) is 5.52. The first kappa shape index (κ1) is 13.0. The smallest absolute Gasteiger partial charge is 0.217 e. The van der Waals surface area contributed by atoms with Crippen molar-refractivity contribution in [2.75, 3.05) is 13.7 Å². The van der Waals surface area contributed by atoms with Crippen molar-refractivity contribution in [3.63, 3.8) is 0 Å². The van der Waals surface area contributed by atoms with Crippen LogP contribution in [0.2, 0.25) is 0 Å². The molecule has 0 aromatic carbocycles. The van der Waals surface area contributed by atoms with Gasteiger partial charge in [0.1, 0.15) is 0 Å². The molecule has 0 unspecified atom stereocenters. The molecule has 19 heavy (non-hydrogen) atoms. The number of nitrogens with zero attached hydrogens (tertiary/aromatic N) is 2. The van der Waals surface area contributed by atoms with Crippen molar-refractivity contribution in [1.82, 2.24) is 15.3 Å². The van der Waals surface area contributed by atoms with E-state index in [4.69, 9.17) is 4.74 Å². The first-order valence-electron chi connectivity index (χ1n) is 5.91. The van der Waals surface area contributed by atoms with Gasteiger partial charge in [-0.25, -0.2) is 4.98 Å². The van der Waals surface area contributed by atoms with Gasteiger partial charge in [0, 0.05) is 31.3 Å². The van der Waals surface area contributed by atoms with Gasteiger partial charge in [0.15, 0.2) is 0 Å². The largest absolute Gasteiger partial charge is 0.481 e. The van der Waals surface area contributed by atoms with Crippen LogP contribution < -0.4 is 10.1 Å². The van der Waals surface area contributed by atoms with E-state index >= 15 is 0 Å². The highest BCUT2D eigenvalue weighted by Crippen LogP contribution is 2.19. The van der Waals surface area contributed by atoms with E-state index in [1.165, 1.54) is 6.92 Å². The standard InChI is InChI=1S/C14H15N3O2/c1-10(18)15-8-3-4-11-7-9-16-12-5-6-13(19-2)17-14(11)12/h3-7,9H,8H2,1-2H3,(H,15,18). The van der Waals surface area contributed by atoms with Crippen LogP contribution in [0, 0.1) is 0 Å². The van der Waals surface area contributed by atoms with Crippen LogP contribution in [0.25, 0.3) is 17.1 Å². The summed E-state index contributed by atoms with van der Waals surface area (Å²) in [6.45, 7) is 1.98. The molecule has 2 rings (SSSR count). The summed E-state index contributed by atoms with van der Waals surface area (Å²) in [7, 11) is 1.58. The molecule has 0 saturated heterocycles. The van der Waals surface area contributed by atoms with Gasteiger partial charge in [0.05, 0.1) is 18.1 Å². The van der Waals surface area contributed by atoms with Crippen molar-refractivity contribution in [1.29, 1.82) is 0 Å². The monoisotopic (exact) mass is 257 g/mol. The second kappa shape index (κ2) is 5.95. The molecule has 1 amide bonds. The minimum Gasteiger partial charge on any atom is -0.481 e. The predicted octanol–water partition coefficient (Wildman–Crippen LogP) is 1.79. The van der Waals surface area contributed by atoms with Crippen molar-refractivity contribution in [2.24, 2.45) is 0 Å². The number of fused-ring (bicyclic) bond motifs is 1. The number of hydrogen-bond donors (Lipinski definition) is 1. The van der Waals surface area contributed by atoms with Crippen molar-refractivity contribution in [3.8, 4) is 5.88 Å². The summed E-state index contributed by atoms with van der Waals surface area (Å²) in [4.78, 5) is 19.4. The molecule has 2 heterocycles. The van der Waals surface area contributed by atoms with Crippen molar-refractivity contribution < 1.29 is 9.53 Å². The third kappa shape index (κ3) is 3.28. The highest BCUT2D eigenvalue weighted by atomic mass is 16.5. The van der Waals surface area contributed by atoms with Gasteiger partial charge in [-0.05, 0) is 12.1 Å². The maximum Gasteiger partial charge on any atom is 0.217 e. The summed E-state index contributed by atoms with van der Waals surface area (Å²) >= 11 is 0. The molecule has 98 valence electrons. The van der Waals surface area contributed by atoms with E-state index in [-0.39, 0.29) is 5.91 Å². The maximum atomic E-state index is 10.8. The summed E-state index contributed by atoms with van der Waals surface area (Å²) < 4.78 is 5.11. The Morgan fingerprint density at radius 2 is 2.26 bits per heavy atom.